The molecule has 4 rings (SSSR count). The summed E-state index contributed by atoms with van der Waals surface area (Å²) in [6, 6.07) is 16.7. The Balaban J connectivity index is 1.46. The van der Waals surface area contributed by atoms with Gasteiger partial charge in [-0.1, -0.05) is 12.1 Å². The van der Waals surface area contributed by atoms with Crippen LogP contribution in [0.4, 0.5) is 0 Å². The zero-order valence-corrected chi connectivity index (χ0v) is 17.9. The van der Waals surface area contributed by atoms with Crippen LogP contribution in [0, 0.1) is 0 Å². The fourth-order valence-corrected chi connectivity index (χ4v) is 3.34. The van der Waals surface area contributed by atoms with E-state index in [0.29, 0.717) is 24.4 Å². The summed E-state index contributed by atoms with van der Waals surface area (Å²) in [6.45, 7) is 2.82. The summed E-state index contributed by atoms with van der Waals surface area (Å²) < 4.78 is 13.5. The first-order valence-electron chi connectivity index (χ1n) is 10.3. The molecule has 0 spiro atoms. The minimum Gasteiger partial charge on any atom is -0.497 e. The van der Waals surface area contributed by atoms with Gasteiger partial charge in [0.05, 0.1) is 19.4 Å². The number of nitrogens with zero attached hydrogens (tertiary/aromatic N) is 3. The number of hydrogen-bond donors (Lipinski definition) is 1. The van der Waals surface area contributed by atoms with Crippen LogP contribution < -0.4 is 20.3 Å². The Kier molecular flexibility index (Phi) is 6.21. The summed E-state index contributed by atoms with van der Waals surface area (Å²) in [5.41, 5.74) is 2.61. The molecule has 0 aliphatic rings. The van der Waals surface area contributed by atoms with Crippen molar-refractivity contribution in [1.29, 1.82) is 0 Å². The lowest BCUT2D eigenvalue weighted by atomic mass is 10.1. The highest BCUT2D eigenvalue weighted by Crippen LogP contribution is 2.22. The van der Waals surface area contributed by atoms with Crippen molar-refractivity contribution in [2.45, 2.75) is 20.0 Å². The predicted molar refractivity (Wildman–Crippen MR) is 121 cm³/mol. The van der Waals surface area contributed by atoms with E-state index in [1.165, 1.54) is 9.08 Å². The summed E-state index contributed by atoms with van der Waals surface area (Å²) in [7, 11) is 1.60. The molecule has 4 aromatic rings. The number of hydrogen-bond acceptors (Lipinski definition) is 5. The summed E-state index contributed by atoms with van der Waals surface area (Å²) in [5.74, 6) is 1.28. The van der Waals surface area contributed by atoms with Crippen LogP contribution in [0.2, 0.25) is 0 Å². The van der Waals surface area contributed by atoms with E-state index in [1.54, 1.807) is 25.6 Å². The minimum absolute atomic E-state index is 0.0744. The van der Waals surface area contributed by atoms with Crippen molar-refractivity contribution < 1.29 is 14.3 Å². The maximum atomic E-state index is 12.9. The maximum absolute atomic E-state index is 12.9. The van der Waals surface area contributed by atoms with Gasteiger partial charge in [-0.2, -0.15) is 5.10 Å². The zero-order valence-electron chi connectivity index (χ0n) is 17.9. The summed E-state index contributed by atoms with van der Waals surface area (Å²) in [4.78, 5) is 25.3. The fourth-order valence-electron chi connectivity index (χ4n) is 3.34. The molecule has 0 radical (unpaired) electrons. The SMILES string of the molecule is CCOc1ccc(-c2cc3c(=O)n(CC(=O)NCc4ccc(OC)cc4)ccn3n2)cc1. The monoisotopic (exact) mass is 432 g/mol. The third kappa shape index (κ3) is 4.64. The van der Waals surface area contributed by atoms with E-state index in [-0.39, 0.29) is 18.0 Å². The van der Waals surface area contributed by atoms with Crippen LogP contribution in [0.15, 0.2) is 71.8 Å². The molecule has 0 saturated heterocycles. The number of rotatable bonds is 8. The van der Waals surface area contributed by atoms with E-state index < -0.39 is 0 Å². The van der Waals surface area contributed by atoms with Gasteiger partial charge >= 0.3 is 0 Å². The Morgan fingerprint density at radius 3 is 2.44 bits per heavy atom. The quantitative estimate of drug-likeness (QED) is 0.463. The van der Waals surface area contributed by atoms with Crippen LogP contribution >= 0.6 is 0 Å². The van der Waals surface area contributed by atoms with Crippen LogP contribution in [-0.4, -0.2) is 33.8 Å². The Bertz CT molecular complexity index is 1270. The molecule has 1 N–H and O–H groups in total. The number of carbonyl (C=O) groups is 1. The van der Waals surface area contributed by atoms with E-state index in [1.807, 2.05) is 55.5 Å². The first-order chi connectivity index (χ1) is 15.6. The van der Waals surface area contributed by atoms with Gasteiger partial charge in [-0.25, -0.2) is 4.52 Å². The number of carbonyl (C=O) groups excluding carboxylic acids is 1. The first-order valence-corrected chi connectivity index (χ1v) is 10.3. The lowest BCUT2D eigenvalue weighted by Crippen LogP contribution is -2.32. The number of nitrogens with one attached hydrogen (secondary N) is 1. The molecule has 0 unspecified atom stereocenters. The Labute approximate surface area is 185 Å². The van der Waals surface area contributed by atoms with Crippen molar-refractivity contribution in [2.75, 3.05) is 13.7 Å². The molecular weight excluding hydrogens is 408 g/mol. The highest BCUT2D eigenvalue weighted by atomic mass is 16.5. The molecule has 2 aromatic heterocycles. The fraction of sp³-hybridized carbons (Fsp3) is 0.208. The highest BCUT2D eigenvalue weighted by Gasteiger charge is 2.11. The molecule has 8 heteroatoms. The first kappa shape index (κ1) is 21.2. The summed E-state index contributed by atoms with van der Waals surface area (Å²) in [5, 5.41) is 7.31. The van der Waals surface area contributed by atoms with Crippen molar-refractivity contribution >= 4 is 11.4 Å². The summed E-state index contributed by atoms with van der Waals surface area (Å²) in [6.07, 6.45) is 3.24. The predicted octanol–water partition coefficient (Wildman–Crippen LogP) is 2.89. The normalized spacial score (nSPS) is 10.8. The molecule has 2 heterocycles. The molecule has 0 saturated carbocycles. The number of amides is 1. The number of methoxy groups -OCH3 is 1. The lowest BCUT2D eigenvalue weighted by molar-refractivity contribution is -0.121. The van der Waals surface area contributed by atoms with Crippen molar-refractivity contribution in [3.63, 3.8) is 0 Å². The molecule has 1 amide bonds. The lowest BCUT2D eigenvalue weighted by Gasteiger charge is -2.08. The molecule has 0 aliphatic carbocycles. The molecule has 164 valence electrons. The van der Waals surface area contributed by atoms with Crippen LogP contribution in [0.1, 0.15) is 12.5 Å². The average molecular weight is 432 g/mol. The molecular formula is C24H24N4O4. The molecule has 8 nitrogen and oxygen atoms in total. The van der Waals surface area contributed by atoms with Gasteiger partial charge in [0.15, 0.2) is 0 Å². The van der Waals surface area contributed by atoms with Gasteiger partial charge in [0.1, 0.15) is 23.6 Å². The molecule has 2 aromatic carbocycles. The summed E-state index contributed by atoms with van der Waals surface area (Å²) >= 11 is 0. The maximum Gasteiger partial charge on any atom is 0.277 e. The van der Waals surface area contributed by atoms with Crippen LogP contribution in [0.3, 0.4) is 0 Å². The van der Waals surface area contributed by atoms with Crippen LogP contribution in [0.5, 0.6) is 11.5 Å². The number of aromatic nitrogens is 3. The molecule has 32 heavy (non-hydrogen) atoms. The van der Waals surface area contributed by atoms with Crippen molar-refractivity contribution in [3.8, 4) is 22.8 Å². The zero-order chi connectivity index (χ0) is 22.5. The van der Waals surface area contributed by atoms with Gasteiger partial charge in [-0.05, 0) is 55.0 Å². The average Bonchev–Trinajstić information content (AvgIpc) is 3.26. The Morgan fingerprint density at radius 1 is 1.03 bits per heavy atom. The number of fused-ring (bicyclic) bond motifs is 1. The number of benzene rings is 2. The van der Waals surface area contributed by atoms with E-state index in [0.717, 1.165) is 22.6 Å². The van der Waals surface area contributed by atoms with Gasteiger partial charge in [-0.15, -0.1) is 0 Å². The van der Waals surface area contributed by atoms with Crippen LogP contribution in [0.25, 0.3) is 16.8 Å². The third-order valence-electron chi connectivity index (χ3n) is 5.03. The van der Waals surface area contributed by atoms with Gasteiger partial charge in [0.2, 0.25) is 5.91 Å². The van der Waals surface area contributed by atoms with Crippen molar-refractivity contribution in [2.24, 2.45) is 0 Å². The van der Waals surface area contributed by atoms with E-state index in [4.69, 9.17) is 9.47 Å². The van der Waals surface area contributed by atoms with Crippen LogP contribution in [-0.2, 0) is 17.9 Å². The minimum atomic E-state index is -0.281. The van der Waals surface area contributed by atoms with E-state index in [9.17, 15) is 9.59 Å². The van der Waals surface area contributed by atoms with Crippen molar-refractivity contribution in [1.82, 2.24) is 19.5 Å². The van der Waals surface area contributed by atoms with E-state index in [2.05, 4.69) is 10.4 Å². The van der Waals surface area contributed by atoms with Gasteiger partial charge in [0.25, 0.3) is 5.56 Å². The van der Waals surface area contributed by atoms with Crippen molar-refractivity contribution in [3.05, 3.63) is 82.9 Å². The van der Waals surface area contributed by atoms with Gasteiger partial charge in [0, 0.05) is 24.5 Å². The molecule has 0 aliphatic heterocycles. The second kappa shape index (κ2) is 9.38. The Morgan fingerprint density at radius 2 is 1.75 bits per heavy atom. The third-order valence-corrected chi connectivity index (χ3v) is 5.03. The number of ether oxygens (including phenoxy) is 2. The standard InChI is InChI=1S/C24H24N4O4/c1-3-32-20-10-6-18(7-11-20)21-14-22-24(30)27(12-13-28(22)26-21)16-23(29)25-15-17-4-8-19(31-2)9-5-17/h4-14H,3,15-16H2,1-2H3,(H,25,29). The van der Waals surface area contributed by atoms with Gasteiger partial charge < -0.3 is 19.4 Å². The topological polar surface area (TPSA) is 86.9 Å². The molecule has 0 fully saturated rings. The second-order valence-corrected chi connectivity index (χ2v) is 7.17. The van der Waals surface area contributed by atoms with E-state index >= 15 is 0 Å². The van der Waals surface area contributed by atoms with Gasteiger partial charge in [-0.3, -0.25) is 9.59 Å². The largest absolute Gasteiger partial charge is 0.497 e. The smallest absolute Gasteiger partial charge is 0.277 e. The second-order valence-electron chi connectivity index (χ2n) is 7.17. The Hall–Kier alpha value is -4.07. The highest BCUT2D eigenvalue weighted by molar-refractivity contribution is 5.76. The molecule has 0 atom stereocenters. The molecule has 0 bridgehead atoms.